The van der Waals surface area contributed by atoms with Gasteiger partial charge in [0.15, 0.2) is 0 Å². The van der Waals surface area contributed by atoms with Crippen LogP contribution in [0.15, 0.2) is 0 Å². The fraction of sp³-hybridized carbons (Fsp3) is 0.714. The van der Waals surface area contributed by atoms with Gasteiger partial charge in [0.2, 0.25) is 0 Å². The molecule has 1 aromatic rings. The second-order valence-corrected chi connectivity index (χ2v) is 5.43. The Morgan fingerprint density at radius 2 is 1.95 bits per heavy atom. The summed E-state index contributed by atoms with van der Waals surface area (Å²) in [4.78, 5) is 11.4. The molecule has 1 aliphatic carbocycles. The fourth-order valence-electron chi connectivity index (χ4n) is 2.07. The molecule has 106 valence electrons. The Labute approximate surface area is 120 Å². The van der Waals surface area contributed by atoms with E-state index in [4.69, 9.17) is 11.6 Å². The molecule has 1 aromatic heterocycles. The average molecular weight is 283 g/mol. The van der Waals surface area contributed by atoms with Crippen LogP contribution in [-0.4, -0.2) is 41.0 Å². The fourth-order valence-corrected chi connectivity index (χ4v) is 2.25. The molecule has 2 rings (SSSR count). The first-order valence-electron chi connectivity index (χ1n) is 7.16. The van der Waals surface area contributed by atoms with E-state index in [2.05, 4.69) is 34.0 Å². The van der Waals surface area contributed by atoms with Crippen molar-refractivity contribution in [1.82, 2.24) is 14.9 Å². The Morgan fingerprint density at radius 3 is 2.53 bits per heavy atom. The molecule has 1 N–H and O–H groups in total. The van der Waals surface area contributed by atoms with E-state index in [0.717, 1.165) is 43.4 Å². The van der Waals surface area contributed by atoms with E-state index in [1.807, 2.05) is 6.92 Å². The van der Waals surface area contributed by atoms with Crippen molar-refractivity contribution in [3.05, 3.63) is 16.5 Å². The number of nitrogens with one attached hydrogen (secondary N) is 1. The second kappa shape index (κ2) is 6.53. The zero-order valence-corrected chi connectivity index (χ0v) is 12.8. The summed E-state index contributed by atoms with van der Waals surface area (Å²) in [6.07, 6.45) is 2.39. The van der Waals surface area contributed by atoms with Gasteiger partial charge >= 0.3 is 0 Å². The van der Waals surface area contributed by atoms with Crippen LogP contribution in [0.25, 0.3) is 0 Å². The molecular formula is C14H23ClN4. The molecule has 5 heteroatoms. The summed E-state index contributed by atoms with van der Waals surface area (Å²) in [5.74, 6) is 2.33. The van der Waals surface area contributed by atoms with E-state index in [1.54, 1.807) is 0 Å². The molecule has 1 aliphatic rings. The highest BCUT2D eigenvalue weighted by atomic mass is 35.5. The minimum absolute atomic E-state index is 0.529. The first kappa shape index (κ1) is 14.5. The van der Waals surface area contributed by atoms with Crippen molar-refractivity contribution in [3.63, 3.8) is 0 Å². The molecule has 0 unspecified atom stereocenters. The predicted octanol–water partition coefficient (Wildman–Crippen LogP) is 3.07. The van der Waals surface area contributed by atoms with Gasteiger partial charge in [0, 0.05) is 24.6 Å². The third-order valence-corrected chi connectivity index (χ3v) is 4.03. The second-order valence-electron chi connectivity index (χ2n) is 5.07. The Morgan fingerprint density at radius 1 is 1.26 bits per heavy atom. The molecule has 19 heavy (non-hydrogen) atoms. The van der Waals surface area contributed by atoms with E-state index in [1.165, 1.54) is 12.8 Å². The molecular weight excluding hydrogens is 260 g/mol. The molecule has 1 fully saturated rings. The van der Waals surface area contributed by atoms with Crippen LogP contribution in [0.3, 0.4) is 0 Å². The molecule has 0 bridgehead atoms. The molecule has 1 saturated carbocycles. The summed E-state index contributed by atoms with van der Waals surface area (Å²) < 4.78 is 0. The van der Waals surface area contributed by atoms with Crippen molar-refractivity contribution in [2.45, 2.75) is 39.5 Å². The van der Waals surface area contributed by atoms with Crippen LogP contribution in [0.2, 0.25) is 5.15 Å². The van der Waals surface area contributed by atoms with Crippen LogP contribution in [-0.2, 0) is 0 Å². The largest absolute Gasteiger partial charge is 0.368 e. The maximum absolute atomic E-state index is 6.19. The zero-order valence-electron chi connectivity index (χ0n) is 12.0. The monoisotopic (exact) mass is 282 g/mol. The van der Waals surface area contributed by atoms with Gasteiger partial charge in [-0.3, -0.25) is 0 Å². The summed E-state index contributed by atoms with van der Waals surface area (Å²) >= 11 is 6.19. The van der Waals surface area contributed by atoms with Crippen LogP contribution in [0.5, 0.6) is 0 Å². The van der Waals surface area contributed by atoms with Crippen molar-refractivity contribution < 1.29 is 0 Å². The van der Waals surface area contributed by atoms with Crippen molar-refractivity contribution >= 4 is 17.4 Å². The standard InChI is InChI=1S/C14H23ClN4/c1-4-19(5-2)9-8-16-13-10(3)12(15)17-14(18-13)11-6-7-11/h11H,4-9H2,1-3H3,(H,16,17,18). The topological polar surface area (TPSA) is 41.0 Å². The van der Waals surface area contributed by atoms with Crippen LogP contribution in [0.1, 0.15) is 44.0 Å². The molecule has 0 saturated heterocycles. The van der Waals surface area contributed by atoms with Gasteiger partial charge in [-0.15, -0.1) is 0 Å². The number of hydrogen-bond donors (Lipinski definition) is 1. The van der Waals surface area contributed by atoms with Gasteiger partial charge in [0.1, 0.15) is 16.8 Å². The van der Waals surface area contributed by atoms with Gasteiger partial charge in [-0.25, -0.2) is 9.97 Å². The minimum Gasteiger partial charge on any atom is -0.368 e. The Bertz CT molecular complexity index is 428. The highest BCUT2D eigenvalue weighted by Crippen LogP contribution is 2.39. The first-order chi connectivity index (χ1) is 9.15. The average Bonchev–Trinajstić information content (AvgIpc) is 3.23. The number of hydrogen-bond acceptors (Lipinski definition) is 4. The molecule has 1 heterocycles. The number of anilines is 1. The molecule has 0 aliphatic heterocycles. The number of rotatable bonds is 7. The van der Waals surface area contributed by atoms with Crippen molar-refractivity contribution in [3.8, 4) is 0 Å². The lowest BCUT2D eigenvalue weighted by molar-refractivity contribution is 0.316. The van der Waals surface area contributed by atoms with Crippen molar-refractivity contribution in [2.24, 2.45) is 0 Å². The minimum atomic E-state index is 0.529. The maximum atomic E-state index is 6.19. The van der Waals surface area contributed by atoms with Gasteiger partial charge in [0.25, 0.3) is 0 Å². The lowest BCUT2D eigenvalue weighted by atomic mass is 10.3. The summed E-state index contributed by atoms with van der Waals surface area (Å²) in [6.45, 7) is 10.4. The number of likely N-dealkylation sites (N-methyl/N-ethyl adjacent to an activating group) is 1. The van der Waals surface area contributed by atoms with Gasteiger partial charge in [0.05, 0.1) is 0 Å². The summed E-state index contributed by atoms with van der Waals surface area (Å²) in [5.41, 5.74) is 0.950. The van der Waals surface area contributed by atoms with E-state index >= 15 is 0 Å². The normalized spacial score (nSPS) is 15.0. The van der Waals surface area contributed by atoms with Crippen LogP contribution in [0.4, 0.5) is 5.82 Å². The van der Waals surface area contributed by atoms with Crippen LogP contribution < -0.4 is 5.32 Å². The lowest BCUT2D eigenvalue weighted by Gasteiger charge is -2.19. The highest BCUT2D eigenvalue weighted by molar-refractivity contribution is 6.30. The molecule has 0 aromatic carbocycles. The van der Waals surface area contributed by atoms with Gasteiger partial charge in [-0.05, 0) is 32.9 Å². The van der Waals surface area contributed by atoms with Gasteiger partial charge in [-0.1, -0.05) is 25.4 Å². The molecule has 4 nitrogen and oxygen atoms in total. The van der Waals surface area contributed by atoms with E-state index < -0.39 is 0 Å². The molecule has 0 spiro atoms. The van der Waals surface area contributed by atoms with Crippen LogP contribution >= 0.6 is 11.6 Å². The van der Waals surface area contributed by atoms with E-state index in [0.29, 0.717) is 11.1 Å². The Kier molecular flexibility index (Phi) is 4.99. The van der Waals surface area contributed by atoms with Crippen molar-refractivity contribution in [2.75, 3.05) is 31.5 Å². The molecule has 0 amide bonds. The SMILES string of the molecule is CCN(CC)CCNc1nc(C2CC2)nc(Cl)c1C. The zero-order chi connectivity index (χ0) is 13.8. The first-order valence-corrected chi connectivity index (χ1v) is 7.53. The van der Waals surface area contributed by atoms with E-state index in [-0.39, 0.29) is 0 Å². The van der Waals surface area contributed by atoms with E-state index in [9.17, 15) is 0 Å². The van der Waals surface area contributed by atoms with Gasteiger partial charge in [-0.2, -0.15) is 0 Å². The van der Waals surface area contributed by atoms with Crippen LogP contribution in [0, 0.1) is 6.92 Å². The number of nitrogens with zero attached hydrogens (tertiary/aromatic N) is 3. The highest BCUT2D eigenvalue weighted by Gasteiger charge is 2.27. The Hall–Kier alpha value is -0.870. The van der Waals surface area contributed by atoms with Crippen molar-refractivity contribution in [1.29, 1.82) is 0 Å². The predicted molar refractivity (Wildman–Crippen MR) is 80.0 cm³/mol. The maximum Gasteiger partial charge on any atom is 0.137 e. The number of halogens is 1. The summed E-state index contributed by atoms with van der Waals surface area (Å²) in [7, 11) is 0. The number of aromatic nitrogens is 2. The molecule has 0 radical (unpaired) electrons. The van der Waals surface area contributed by atoms with Gasteiger partial charge < -0.3 is 10.2 Å². The molecule has 0 atom stereocenters. The quantitative estimate of drug-likeness (QED) is 0.781. The lowest BCUT2D eigenvalue weighted by Crippen LogP contribution is -2.29. The summed E-state index contributed by atoms with van der Waals surface area (Å²) in [5, 5.41) is 3.98. The summed E-state index contributed by atoms with van der Waals surface area (Å²) in [6, 6.07) is 0. The smallest absolute Gasteiger partial charge is 0.137 e. The third kappa shape index (κ3) is 3.80. The Balaban J connectivity index is 1.98. The third-order valence-electron chi connectivity index (χ3n) is 3.66.